The van der Waals surface area contributed by atoms with E-state index in [4.69, 9.17) is 9.47 Å². The summed E-state index contributed by atoms with van der Waals surface area (Å²) in [4.78, 5) is 22.1. The van der Waals surface area contributed by atoms with Crippen molar-refractivity contribution in [3.63, 3.8) is 0 Å². The van der Waals surface area contributed by atoms with E-state index in [-0.39, 0.29) is 23.1 Å². The number of carbonyl (C=O) groups excluding carboxylic acids is 2. The lowest BCUT2D eigenvalue weighted by Crippen LogP contribution is -2.23. The minimum Gasteiger partial charge on any atom is -0.459 e. The molecule has 2 aliphatic rings. The summed E-state index contributed by atoms with van der Waals surface area (Å²) in [5, 5.41) is 0. The number of unbranched alkanes of at least 4 members (excludes halogenated alkanes) is 11. The first-order valence-electron chi connectivity index (χ1n) is 13.3. The molecule has 2 fully saturated rings. The van der Waals surface area contributed by atoms with Gasteiger partial charge in [-0.25, -0.2) is 0 Å². The Kier molecular flexibility index (Phi) is 14.2. The third-order valence-electron chi connectivity index (χ3n) is 6.80. The van der Waals surface area contributed by atoms with Crippen molar-refractivity contribution < 1.29 is 19.1 Å². The van der Waals surface area contributed by atoms with Crippen LogP contribution >= 0.6 is 0 Å². The molecular weight excluding hydrogens is 388 g/mol. The second-order valence-electron chi connectivity index (χ2n) is 10.2. The molecule has 0 aromatic carbocycles. The third-order valence-corrected chi connectivity index (χ3v) is 6.80. The molecule has 0 N–H and O–H groups in total. The van der Waals surface area contributed by atoms with E-state index >= 15 is 0 Å². The molecule has 2 aliphatic heterocycles. The molecule has 182 valence electrons. The standard InChI is InChI=1S/C14H26O2.C13H24O2/c1-3-4-5-6-7-8-9-11-14(2)12-10-13(15)16-14;1-3-4-5-6-7-8-10-13(2)11-9-12(14)15-13/h3-12H2,1-2H3;3-11H2,1-2H3. The minimum atomic E-state index is -0.138. The van der Waals surface area contributed by atoms with Gasteiger partial charge < -0.3 is 9.47 Å². The molecule has 2 heterocycles. The molecule has 0 aromatic heterocycles. The van der Waals surface area contributed by atoms with E-state index in [1.807, 2.05) is 0 Å². The molecule has 0 spiro atoms. The van der Waals surface area contributed by atoms with Crippen molar-refractivity contribution in [1.29, 1.82) is 0 Å². The first kappa shape index (κ1) is 28.0. The zero-order chi connectivity index (χ0) is 23.0. The topological polar surface area (TPSA) is 52.6 Å². The molecule has 2 atom stereocenters. The second kappa shape index (κ2) is 15.7. The number of carbonyl (C=O) groups is 2. The van der Waals surface area contributed by atoms with E-state index in [0.717, 1.165) is 25.7 Å². The highest BCUT2D eigenvalue weighted by molar-refractivity contribution is 5.72. The Morgan fingerprint density at radius 2 is 0.903 bits per heavy atom. The summed E-state index contributed by atoms with van der Waals surface area (Å²) < 4.78 is 10.7. The van der Waals surface area contributed by atoms with Gasteiger partial charge >= 0.3 is 11.9 Å². The SMILES string of the molecule is CCCCCCCCC1(C)CCC(=O)O1.CCCCCCCCCC1(C)CCC(=O)O1. The first-order chi connectivity index (χ1) is 14.8. The number of ether oxygens (including phenoxy) is 2. The highest BCUT2D eigenvalue weighted by Gasteiger charge is 2.35. The van der Waals surface area contributed by atoms with Crippen LogP contribution in [0, 0.1) is 0 Å². The van der Waals surface area contributed by atoms with E-state index in [2.05, 4.69) is 27.7 Å². The van der Waals surface area contributed by atoms with Crippen LogP contribution in [0.3, 0.4) is 0 Å². The summed E-state index contributed by atoms with van der Waals surface area (Å²) in [6.07, 6.45) is 22.2. The van der Waals surface area contributed by atoms with Gasteiger partial charge in [-0.15, -0.1) is 0 Å². The summed E-state index contributed by atoms with van der Waals surface area (Å²) in [5.74, 6) is -0.0195. The van der Waals surface area contributed by atoms with Crippen LogP contribution in [0.5, 0.6) is 0 Å². The Bertz CT molecular complexity index is 503. The van der Waals surface area contributed by atoms with Crippen molar-refractivity contribution >= 4 is 11.9 Å². The zero-order valence-corrected chi connectivity index (χ0v) is 21.1. The van der Waals surface area contributed by atoms with Crippen LogP contribution in [0.2, 0.25) is 0 Å². The predicted molar refractivity (Wildman–Crippen MR) is 128 cm³/mol. The van der Waals surface area contributed by atoms with Crippen LogP contribution in [0.25, 0.3) is 0 Å². The van der Waals surface area contributed by atoms with Gasteiger partial charge in [0.25, 0.3) is 0 Å². The van der Waals surface area contributed by atoms with Gasteiger partial charge in [0.1, 0.15) is 11.2 Å². The van der Waals surface area contributed by atoms with Gasteiger partial charge in [0.05, 0.1) is 0 Å². The molecule has 2 unspecified atom stereocenters. The van der Waals surface area contributed by atoms with Crippen LogP contribution in [-0.2, 0) is 19.1 Å². The van der Waals surface area contributed by atoms with E-state index in [1.165, 1.54) is 83.5 Å². The van der Waals surface area contributed by atoms with Crippen LogP contribution in [0.15, 0.2) is 0 Å². The molecule has 0 amide bonds. The van der Waals surface area contributed by atoms with Crippen LogP contribution in [0.1, 0.15) is 150 Å². The fourth-order valence-corrected chi connectivity index (χ4v) is 4.57. The van der Waals surface area contributed by atoms with Crippen molar-refractivity contribution in [3.8, 4) is 0 Å². The molecule has 0 radical (unpaired) electrons. The third kappa shape index (κ3) is 13.2. The molecule has 2 saturated heterocycles. The summed E-state index contributed by atoms with van der Waals surface area (Å²) in [5.41, 5.74) is -0.275. The molecular formula is C27H50O4. The molecule has 0 saturated carbocycles. The first-order valence-corrected chi connectivity index (χ1v) is 13.3. The number of hydrogen-bond acceptors (Lipinski definition) is 4. The van der Waals surface area contributed by atoms with Crippen molar-refractivity contribution in [2.45, 2.75) is 161 Å². The summed E-state index contributed by atoms with van der Waals surface area (Å²) in [6, 6.07) is 0. The smallest absolute Gasteiger partial charge is 0.306 e. The number of esters is 2. The van der Waals surface area contributed by atoms with E-state index in [9.17, 15) is 9.59 Å². The van der Waals surface area contributed by atoms with E-state index in [1.54, 1.807) is 0 Å². The molecule has 0 aromatic rings. The van der Waals surface area contributed by atoms with Crippen molar-refractivity contribution in [2.24, 2.45) is 0 Å². The Labute approximate surface area is 192 Å². The van der Waals surface area contributed by atoms with Crippen molar-refractivity contribution in [2.75, 3.05) is 0 Å². The number of rotatable bonds is 15. The van der Waals surface area contributed by atoms with Gasteiger partial charge in [-0.05, 0) is 52.4 Å². The van der Waals surface area contributed by atoms with Crippen molar-refractivity contribution in [3.05, 3.63) is 0 Å². The largest absolute Gasteiger partial charge is 0.459 e. The molecule has 0 bridgehead atoms. The van der Waals surface area contributed by atoms with Gasteiger partial charge in [-0.2, -0.15) is 0 Å². The average molecular weight is 439 g/mol. The Hall–Kier alpha value is -1.06. The van der Waals surface area contributed by atoms with Crippen LogP contribution < -0.4 is 0 Å². The number of hydrogen-bond donors (Lipinski definition) is 0. The van der Waals surface area contributed by atoms with Gasteiger partial charge in [0, 0.05) is 12.8 Å². The normalized spacial score (nSPS) is 25.2. The second-order valence-corrected chi connectivity index (χ2v) is 10.2. The minimum absolute atomic E-state index is 0.00885. The molecule has 31 heavy (non-hydrogen) atoms. The lowest BCUT2D eigenvalue weighted by molar-refractivity contribution is -0.148. The molecule has 0 aliphatic carbocycles. The number of cyclic esters (lactones) is 2. The fourth-order valence-electron chi connectivity index (χ4n) is 4.57. The maximum absolute atomic E-state index is 11.0. The summed E-state index contributed by atoms with van der Waals surface area (Å²) in [7, 11) is 0. The quantitative estimate of drug-likeness (QED) is 0.192. The summed E-state index contributed by atoms with van der Waals surface area (Å²) >= 11 is 0. The highest BCUT2D eigenvalue weighted by Crippen LogP contribution is 2.32. The Balaban J connectivity index is 0.000000311. The highest BCUT2D eigenvalue weighted by atomic mass is 16.6. The van der Waals surface area contributed by atoms with E-state index in [0.29, 0.717) is 12.8 Å². The maximum Gasteiger partial charge on any atom is 0.306 e. The molecule has 4 nitrogen and oxygen atoms in total. The van der Waals surface area contributed by atoms with E-state index < -0.39 is 0 Å². The summed E-state index contributed by atoms with van der Waals surface area (Å²) in [6.45, 7) is 8.63. The predicted octanol–water partition coefficient (Wildman–Crippen LogP) is 8.06. The lowest BCUT2D eigenvalue weighted by Gasteiger charge is -2.22. The average Bonchev–Trinajstić information content (AvgIpc) is 3.25. The van der Waals surface area contributed by atoms with Crippen LogP contribution in [-0.4, -0.2) is 23.1 Å². The van der Waals surface area contributed by atoms with Gasteiger partial charge in [0.2, 0.25) is 0 Å². The maximum atomic E-state index is 11.0. The lowest BCUT2D eigenvalue weighted by atomic mass is 9.95. The van der Waals surface area contributed by atoms with Crippen LogP contribution in [0.4, 0.5) is 0 Å². The molecule has 4 heteroatoms. The van der Waals surface area contributed by atoms with Gasteiger partial charge in [-0.3, -0.25) is 9.59 Å². The Morgan fingerprint density at radius 1 is 0.581 bits per heavy atom. The van der Waals surface area contributed by atoms with Crippen molar-refractivity contribution in [1.82, 2.24) is 0 Å². The fraction of sp³-hybridized carbons (Fsp3) is 0.926. The Morgan fingerprint density at radius 3 is 1.19 bits per heavy atom. The monoisotopic (exact) mass is 438 g/mol. The zero-order valence-electron chi connectivity index (χ0n) is 21.1. The van der Waals surface area contributed by atoms with Gasteiger partial charge in [-0.1, -0.05) is 84.5 Å². The van der Waals surface area contributed by atoms with Gasteiger partial charge in [0.15, 0.2) is 0 Å². The molecule has 2 rings (SSSR count).